The van der Waals surface area contributed by atoms with Gasteiger partial charge in [-0.05, 0) is 0 Å². The fourth-order valence-corrected chi connectivity index (χ4v) is 0.954. The van der Waals surface area contributed by atoms with Crippen LogP contribution in [0.25, 0.3) is 0 Å². The van der Waals surface area contributed by atoms with E-state index in [-0.39, 0.29) is 18.6 Å². The minimum absolute atomic E-state index is 0.0192. The number of hydrogen-bond donors (Lipinski definition) is 2. The molecule has 1 saturated heterocycles. The van der Waals surface area contributed by atoms with Crippen molar-refractivity contribution in [1.29, 1.82) is 0 Å². The molecule has 1 amide bonds. The summed E-state index contributed by atoms with van der Waals surface area (Å²) in [6.45, 7) is 2.29. The molecule has 0 aromatic heterocycles. The van der Waals surface area contributed by atoms with Gasteiger partial charge >= 0.3 is 0 Å². The molecule has 70 valence electrons. The highest BCUT2D eigenvalue weighted by atomic mass is 16.6. The van der Waals surface area contributed by atoms with Gasteiger partial charge in [-0.2, -0.15) is 0 Å². The zero-order valence-electron chi connectivity index (χ0n) is 6.91. The predicted molar refractivity (Wildman–Crippen MR) is 42.6 cm³/mol. The van der Waals surface area contributed by atoms with E-state index in [2.05, 4.69) is 5.32 Å². The van der Waals surface area contributed by atoms with E-state index in [0.29, 0.717) is 26.4 Å². The summed E-state index contributed by atoms with van der Waals surface area (Å²) < 4.78 is 10.4. The number of rotatable bonds is 3. The Morgan fingerprint density at radius 3 is 3.00 bits per heavy atom. The summed E-state index contributed by atoms with van der Waals surface area (Å²) in [5, 5.41) is 2.63. The van der Waals surface area contributed by atoms with Crippen LogP contribution < -0.4 is 11.1 Å². The van der Waals surface area contributed by atoms with Gasteiger partial charge < -0.3 is 20.5 Å². The van der Waals surface area contributed by atoms with Gasteiger partial charge in [-0.25, -0.2) is 0 Å². The molecule has 1 heterocycles. The van der Waals surface area contributed by atoms with Crippen molar-refractivity contribution in [1.82, 2.24) is 5.32 Å². The lowest BCUT2D eigenvalue weighted by Gasteiger charge is -2.22. The monoisotopic (exact) mass is 174 g/mol. The Bertz CT molecular complexity index is 146. The Morgan fingerprint density at radius 1 is 1.58 bits per heavy atom. The maximum absolute atomic E-state index is 10.7. The maximum atomic E-state index is 10.7. The Kier molecular flexibility index (Phi) is 3.99. The first-order chi connectivity index (χ1) is 5.83. The Balaban J connectivity index is 2.09. The Morgan fingerprint density at radius 2 is 2.42 bits per heavy atom. The molecular weight excluding hydrogens is 160 g/mol. The largest absolute Gasteiger partial charge is 0.376 e. The predicted octanol–water partition coefficient (Wildman–Crippen LogP) is -1.52. The van der Waals surface area contributed by atoms with Crippen LogP contribution in [0.1, 0.15) is 0 Å². The highest BCUT2D eigenvalue weighted by molar-refractivity contribution is 5.77. The highest BCUT2D eigenvalue weighted by Crippen LogP contribution is 1.98. The molecule has 0 aromatic rings. The third-order valence-corrected chi connectivity index (χ3v) is 1.60. The van der Waals surface area contributed by atoms with Crippen molar-refractivity contribution in [3.05, 3.63) is 0 Å². The average Bonchev–Trinajstić information content (AvgIpc) is 2.16. The van der Waals surface area contributed by atoms with E-state index in [1.165, 1.54) is 0 Å². The molecule has 0 aromatic carbocycles. The first-order valence-electron chi connectivity index (χ1n) is 3.99. The summed E-state index contributed by atoms with van der Waals surface area (Å²) in [7, 11) is 0. The molecule has 1 aliphatic heterocycles. The van der Waals surface area contributed by atoms with Gasteiger partial charge in [0.1, 0.15) is 0 Å². The molecule has 1 aliphatic rings. The zero-order valence-corrected chi connectivity index (χ0v) is 6.91. The third-order valence-electron chi connectivity index (χ3n) is 1.60. The van der Waals surface area contributed by atoms with E-state index >= 15 is 0 Å². The van der Waals surface area contributed by atoms with Gasteiger partial charge in [-0.1, -0.05) is 0 Å². The van der Waals surface area contributed by atoms with Crippen LogP contribution in [0, 0.1) is 0 Å². The molecule has 0 spiro atoms. The van der Waals surface area contributed by atoms with Gasteiger partial charge in [0.15, 0.2) is 0 Å². The fourth-order valence-electron chi connectivity index (χ4n) is 0.954. The maximum Gasteiger partial charge on any atom is 0.233 e. The minimum atomic E-state index is -0.163. The zero-order chi connectivity index (χ0) is 8.81. The molecule has 3 N–H and O–H groups in total. The van der Waals surface area contributed by atoms with Crippen molar-refractivity contribution in [2.75, 3.05) is 32.9 Å². The molecule has 1 unspecified atom stereocenters. The van der Waals surface area contributed by atoms with Crippen LogP contribution in [0.2, 0.25) is 0 Å². The second-order valence-corrected chi connectivity index (χ2v) is 2.58. The van der Waals surface area contributed by atoms with Crippen molar-refractivity contribution >= 4 is 5.91 Å². The summed E-state index contributed by atoms with van der Waals surface area (Å²) >= 11 is 0. The van der Waals surface area contributed by atoms with Crippen LogP contribution in [-0.4, -0.2) is 44.9 Å². The van der Waals surface area contributed by atoms with E-state index < -0.39 is 0 Å². The number of ether oxygens (including phenoxy) is 2. The van der Waals surface area contributed by atoms with Gasteiger partial charge in [0.2, 0.25) is 5.91 Å². The average molecular weight is 174 g/mol. The third kappa shape index (κ3) is 3.17. The van der Waals surface area contributed by atoms with Gasteiger partial charge in [-0.3, -0.25) is 4.79 Å². The lowest BCUT2D eigenvalue weighted by atomic mass is 10.3. The lowest BCUT2D eigenvalue weighted by Crippen LogP contribution is -2.41. The molecule has 0 bridgehead atoms. The van der Waals surface area contributed by atoms with Crippen molar-refractivity contribution in [2.24, 2.45) is 5.73 Å². The van der Waals surface area contributed by atoms with Crippen molar-refractivity contribution in [2.45, 2.75) is 6.10 Å². The minimum Gasteiger partial charge on any atom is -0.376 e. The number of amides is 1. The summed E-state index contributed by atoms with van der Waals surface area (Å²) in [6.07, 6.45) is -0.0192. The van der Waals surface area contributed by atoms with Crippen molar-refractivity contribution < 1.29 is 14.3 Å². The van der Waals surface area contributed by atoms with E-state index in [1.54, 1.807) is 0 Å². The highest BCUT2D eigenvalue weighted by Gasteiger charge is 2.14. The van der Waals surface area contributed by atoms with Crippen LogP contribution in [-0.2, 0) is 14.3 Å². The van der Waals surface area contributed by atoms with Crippen LogP contribution in [0.4, 0.5) is 0 Å². The molecule has 0 saturated carbocycles. The number of nitrogens with two attached hydrogens (primary N) is 1. The molecule has 1 rings (SSSR count). The van der Waals surface area contributed by atoms with E-state index in [1.807, 2.05) is 0 Å². The number of carbonyl (C=O) groups excluding carboxylic acids is 1. The van der Waals surface area contributed by atoms with Gasteiger partial charge in [0.05, 0.1) is 32.5 Å². The molecule has 0 aliphatic carbocycles. The summed E-state index contributed by atoms with van der Waals surface area (Å²) in [4.78, 5) is 10.7. The molecule has 5 nitrogen and oxygen atoms in total. The van der Waals surface area contributed by atoms with Gasteiger partial charge in [-0.15, -0.1) is 0 Å². The number of carbonyl (C=O) groups is 1. The Hall–Kier alpha value is -0.650. The van der Waals surface area contributed by atoms with Gasteiger partial charge in [0, 0.05) is 6.54 Å². The fraction of sp³-hybridized carbons (Fsp3) is 0.857. The van der Waals surface area contributed by atoms with E-state index in [0.717, 1.165) is 0 Å². The van der Waals surface area contributed by atoms with Crippen LogP contribution in [0.5, 0.6) is 0 Å². The summed E-state index contributed by atoms with van der Waals surface area (Å²) in [5.74, 6) is -0.163. The molecule has 5 heteroatoms. The van der Waals surface area contributed by atoms with Crippen LogP contribution in [0.15, 0.2) is 0 Å². The summed E-state index contributed by atoms with van der Waals surface area (Å²) in [6, 6.07) is 0. The van der Waals surface area contributed by atoms with Crippen LogP contribution >= 0.6 is 0 Å². The smallest absolute Gasteiger partial charge is 0.233 e. The van der Waals surface area contributed by atoms with Crippen molar-refractivity contribution in [3.63, 3.8) is 0 Å². The molecule has 1 fully saturated rings. The topological polar surface area (TPSA) is 73.6 Å². The number of hydrogen-bond acceptors (Lipinski definition) is 4. The standard InChI is InChI=1S/C7H14N2O3/c8-3-7(10)9-4-6-5-11-1-2-12-6/h6H,1-5,8H2,(H,9,10). The second-order valence-electron chi connectivity index (χ2n) is 2.58. The lowest BCUT2D eigenvalue weighted by molar-refractivity contribution is -0.122. The number of nitrogens with one attached hydrogen (secondary N) is 1. The first-order valence-corrected chi connectivity index (χ1v) is 3.99. The van der Waals surface area contributed by atoms with Crippen LogP contribution in [0.3, 0.4) is 0 Å². The SMILES string of the molecule is NCC(=O)NCC1COCCO1. The summed E-state index contributed by atoms with van der Waals surface area (Å²) in [5.41, 5.74) is 5.10. The quantitative estimate of drug-likeness (QED) is 0.545. The second kappa shape index (κ2) is 5.08. The molecule has 0 radical (unpaired) electrons. The van der Waals surface area contributed by atoms with Crippen molar-refractivity contribution in [3.8, 4) is 0 Å². The Labute approximate surface area is 71.2 Å². The molecular formula is C7H14N2O3. The molecule has 12 heavy (non-hydrogen) atoms. The van der Waals surface area contributed by atoms with E-state index in [9.17, 15) is 4.79 Å². The van der Waals surface area contributed by atoms with Gasteiger partial charge in [0.25, 0.3) is 0 Å². The first kappa shape index (κ1) is 9.44. The normalized spacial score (nSPS) is 23.6. The molecule has 1 atom stereocenters. The van der Waals surface area contributed by atoms with E-state index in [4.69, 9.17) is 15.2 Å².